The minimum absolute atomic E-state index is 0.0696. The average molecular weight is 322 g/mol. The highest BCUT2D eigenvalue weighted by atomic mass is 79.9. The van der Waals surface area contributed by atoms with Crippen molar-refractivity contribution in [2.45, 2.75) is 11.6 Å². The fourth-order valence-electron chi connectivity index (χ4n) is 1.08. The second-order valence-corrected chi connectivity index (χ2v) is 6.53. The Morgan fingerprint density at radius 1 is 1.50 bits per heavy atom. The number of hydrogen-bond donors (Lipinski definition) is 2. The number of nitrogens with zero attached hydrogens (tertiary/aromatic N) is 1. The summed E-state index contributed by atoms with van der Waals surface area (Å²) in [6.07, 6.45) is 1.40. The third kappa shape index (κ3) is 2.51. The van der Waals surface area contributed by atoms with Crippen LogP contribution in [0.1, 0.15) is 4.88 Å². The molecule has 2 aromatic heterocycles. The van der Waals surface area contributed by atoms with E-state index in [0.717, 1.165) is 9.35 Å². The van der Waals surface area contributed by atoms with Crippen LogP contribution in [0, 0.1) is 0 Å². The van der Waals surface area contributed by atoms with Crippen LogP contribution in [0.15, 0.2) is 33.2 Å². The molecule has 0 aliphatic heterocycles. The quantitative estimate of drug-likeness (QED) is 0.900. The van der Waals surface area contributed by atoms with Gasteiger partial charge in [0.25, 0.3) is 10.0 Å². The highest BCUT2D eigenvalue weighted by molar-refractivity contribution is 9.10. The number of halogens is 1. The van der Waals surface area contributed by atoms with Crippen molar-refractivity contribution < 1.29 is 8.42 Å². The minimum atomic E-state index is -3.49. The zero-order chi connectivity index (χ0) is 11.6. The molecule has 2 rings (SSSR count). The summed E-state index contributed by atoms with van der Waals surface area (Å²) < 4.78 is 26.8. The topological polar surface area (TPSA) is 74.8 Å². The van der Waals surface area contributed by atoms with Gasteiger partial charge >= 0.3 is 0 Å². The maximum Gasteiger partial charge on any atom is 0.257 e. The Kier molecular flexibility index (Phi) is 3.43. The van der Waals surface area contributed by atoms with Crippen LogP contribution in [0.3, 0.4) is 0 Å². The number of thiophene rings is 1. The molecule has 0 unspecified atom stereocenters. The average Bonchev–Trinajstić information content (AvgIpc) is 2.85. The van der Waals surface area contributed by atoms with E-state index in [9.17, 15) is 8.42 Å². The van der Waals surface area contributed by atoms with E-state index >= 15 is 0 Å². The number of H-pyrrole nitrogens is 1. The molecule has 0 atom stereocenters. The number of nitrogens with one attached hydrogen (secondary N) is 2. The van der Waals surface area contributed by atoms with E-state index in [-0.39, 0.29) is 11.6 Å². The van der Waals surface area contributed by atoms with E-state index in [1.54, 1.807) is 0 Å². The summed E-state index contributed by atoms with van der Waals surface area (Å²) in [5, 5.41) is 7.98. The zero-order valence-electron chi connectivity index (χ0n) is 7.97. The SMILES string of the molecule is O=S(=O)(NCc1sccc1Br)c1ccn[nH]1. The van der Waals surface area contributed by atoms with Crippen molar-refractivity contribution in [2.75, 3.05) is 0 Å². The number of sulfonamides is 1. The lowest BCUT2D eigenvalue weighted by Crippen LogP contribution is -2.23. The van der Waals surface area contributed by atoms with Gasteiger partial charge in [0.2, 0.25) is 0 Å². The highest BCUT2D eigenvalue weighted by Crippen LogP contribution is 2.22. The summed E-state index contributed by atoms with van der Waals surface area (Å²) in [7, 11) is -3.49. The first-order valence-electron chi connectivity index (χ1n) is 4.30. The summed E-state index contributed by atoms with van der Waals surface area (Å²) in [5.41, 5.74) is 0. The van der Waals surface area contributed by atoms with Gasteiger partial charge < -0.3 is 0 Å². The summed E-state index contributed by atoms with van der Waals surface area (Å²) in [4.78, 5) is 0.933. The monoisotopic (exact) mass is 321 g/mol. The van der Waals surface area contributed by atoms with Gasteiger partial charge in [-0.2, -0.15) is 5.10 Å². The normalized spacial score (nSPS) is 11.8. The van der Waals surface area contributed by atoms with Gasteiger partial charge in [0, 0.05) is 15.9 Å². The molecule has 86 valence electrons. The lowest BCUT2D eigenvalue weighted by atomic mass is 10.5. The van der Waals surface area contributed by atoms with Crippen molar-refractivity contribution in [2.24, 2.45) is 0 Å². The summed E-state index contributed by atoms with van der Waals surface area (Å²) in [6.45, 7) is 0.263. The molecular formula is C8H8BrN3O2S2. The Morgan fingerprint density at radius 2 is 2.31 bits per heavy atom. The smallest absolute Gasteiger partial charge is 0.257 e. The molecule has 0 fully saturated rings. The summed E-state index contributed by atoms with van der Waals surface area (Å²) >= 11 is 4.83. The molecule has 2 N–H and O–H groups in total. The van der Waals surface area contributed by atoms with Crippen molar-refractivity contribution in [3.63, 3.8) is 0 Å². The van der Waals surface area contributed by atoms with Crippen LogP contribution in [-0.2, 0) is 16.6 Å². The van der Waals surface area contributed by atoms with Gasteiger partial charge in [-0.05, 0) is 33.4 Å². The number of hydrogen-bond acceptors (Lipinski definition) is 4. The molecule has 2 heterocycles. The van der Waals surface area contributed by atoms with Gasteiger partial charge in [-0.25, -0.2) is 13.1 Å². The third-order valence-electron chi connectivity index (χ3n) is 1.88. The predicted molar refractivity (Wildman–Crippen MR) is 64.6 cm³/mol. The lowest BCUT2D eigenvalue weighted by molar-refractivity contribution is 0.577. The van der Waals surface area contributed by atoms with Crippen molar-refractivity contribution in [3.05, 3.63) is 33.1 Å². The number of aromatic amines is 1. The molecule has 0 saturated carbocycles. The maximum atomic E-state index is 11.7. The van der Waals surface area contributed by atoms with Gasteiger partial charge in [-0.15, -0.1) is 11.3 Å². The van der Waals surface area contributed by atoms with Crippen molar-refractivity contribution in [1.82, 2.24) is 14.9 Å². The van der Waals surface area contributed by atoms with E-state index in [4.69, 9.17) is 0 Å². The Balaban J connectivity index is 2.09. The molecular weight excluding hydrogens is 314 g/mol. The Hall–Kier alpha value is -0.700. The van der Waals surface area contributed by atoms with Crippen molar-refractivity contribution >= 4 is 37.3 Å². The van der Waals surface area contributed by atoms with Crippen LogP contribution in [0.25, 0.3) is 0 Å². The molecule has 0 amide bonds. The van der Waals surface area contributed by atoms with Gasteiger partial charge in [0.1, 0.15) is 0 Å². The van der Waals surface area contributed by atoms with Gasteiger partial charge in [-0.1, -0.05) is 0 Å². The fourth-order valence-corrected chi connectivity index (χ4v) is 3.51. The number of rotatable bonds is 4. The second-order valence-electron chi connectivity index (χ2n) is 2.94. The summed E-state index contributed by atoms with van der Waals surface area (Å²) in [5.74, 6) is 0. The first-order chi connectivity index (χ1) is 7.59. The minimum Gasteiger partial charge on any atom is -0.266 e. The van der Waals surface area contributed by atoms with Crippen LogP contribution in [-0.4, -0.2) is 18.6 Å². The van der Waals surface area contributed by atoms with Crippen LogP contribution < -0.4 is 4.72 Å². The molecule has 0 aliphatic carbocycles. The Morgan fingerprint density at radius 3 is 2.88 bits per heavy atom. The Bertz CT molecular complexity index is 562. The standard InChI is InChI=1S/C8H8BrN3O2S2/c9-6-2-4-15-7(6)5-11-16(13,14)8-1-3-10-12-8/h1-4,11H,5H2,(H,10,12). The molecule has 5 nitrogen and oxygen atoms in total. The summed E-state index contributed by atoms with van der Waals surface area (Å²) in [6, 6.07) is 3.29. The Labute approximate surface area is 105 Å². The molecule has 0 bridgehead atoms. The first kappa shape index (κ1) is 11.8. The molecule has 0 saturated heterocycles. The predicted octanol–water partition coefficient (Wildman–Crippen LogP) is 1.71. The van der Waals surface area contributed by atoms with Crippen molar-refractivity contribution in [3.8, 4) is 0 Å². The van der Waals surface area contributed by atoms with E-state index in [1.165, 1.54) is 23.6 Å². The lowest BCUT2D eigenvalue weighted by Gasteiger charge is -2.03. The molecule has 16 heavy (non-hydrogen) atoms. The maximum absolute atomic E-state index is 11.7. The first-order valence-corrected chi connectivity index (χ1v) is 7.46. The third-order valence-corrected chi connectivity index (χ3v) is 5.14. The van der Waals surface area contributed by atoms with E-state index in [2.05, 4.69) is 30.8 Å². The van der Waals surface area contributed by atoms with Crippen molar-refractivity contribution in [1.29, 1.82) is 0 Å². The van der Waals surface area contributed by atoms with Crippen LogP contribution in [0.4, 0.5) is 0 Å². The van der Waals surface area contributed by atoms with Gasteiger partial charge in [0.05, 0.1) is 6.20 Å². The van der Waals surface area contributed by atoms with Crippen LogP contribution in [0.2, 0.25) is 0 Å². The highest BCUT2D eigenvalue weighted by Gasteiger charge is 2.15. The van der Waals surface area contributed by atoms with Crippen LogP contribution in [0.5, 0.6) is 0 Å². The van der Waals surface area contributed by atoms with Crippen LogP contribution >= 0.6 is 27.3 Å². The van der Waals surface area contributed by atoms with Gasteiger partial charge in [0.15, 0.2) is 5.03 Å². The van der Waals surface area contributed by atoms with E-state index in [0.29, 0.717) is 0 Å². The van der Waals surface area contributed by atoms with E-state index in [1.807, 2.05) is 11.4 Å². The molecule has 0 aromatic carbocycles. The zero-order valence-corrected chi connectivity index (χ0v) is 11.2. The molecule has 0 spiro atoms. The fraction of sp³-hybridized carbons (Fsp3) is 0.125. The molecule has 0 aliphatic rings. The van der Waals surface area contributed by atoms with Gasteiger partial charge in [-0.3, -0.25) is 5.10 Å². The van der Waals surface area contributed by atoms with E-state index < -0.39 is 10.0 Å². The molecule has 0 radical (unpaired) electrons. The molecule has 8 heteroatoms. The molecule has 2 aromatic rings. The number of aromatic nitrogens is 2. The second kappa shape index (κ2) is 4.66. The largest absolute Gasteiger partial charge is 0.266 e.